The highest BCUT2D eigenvalue weighted by Gasteiger charge is 2.45. The summed E-state index contributed by atoms with van der Waals surface area (Å²) >= 11 is 1.52. The first-order valence-corrected chi connectivity index (χ1v) is 11.1. The molecule has 0 aliphatic carbocycles. The number of hydrogen-bond donors (Lipinski definition) is 0. The van der Waals surface area contributed by atoms with Gasteiger partial charge in [0, 0.05) is 30.4 Å². The third-order valence-corrected chi connectivity index (χ3v) is 6.12. The zero-order chi connectivity index (χ0) is 19.8. The molecule has 3 rings (SSSR count). The summed E-state index contributed by atoms with van der Waals surface area (Å²) in [5.41, 5.74) is 1.52. The number of esters is 1. The highest BCUT2D eigenvalue weighted by Crippen LogP contribution is 2.40. The highest BCUT2D eigenvalue weighted by atomic mass is 32.2. The molecule has 2 aliphatic rings. The van der Waals surface area contributed by atoms with Gasteiger partial charge in [-0.2, -0.15) is 0 Å². The second-order valence-corrected chi connectivity index (χ2v) is 7.94. The third-order valence-electron chi connectivity index (χ3n) is 5.28. The Bertz CT molecular complexity index is 678. The predicted octanol–water partition coefficient (Wildman–Crippen LogP) is 3.10. The van der Waals surface area contributed by atoms with E-state index in [1.165, 1.54) is 11.8 Å². The van der Waals surface area contributed by atoms with Crippen molar-refractivity contribution < 1.29 is 19.0 Å². The van der Waals surface area contributed by atoms with E-state index in [2.05, 4.69) is 16.8 Å². The molecule has 0 amide bonds. The van der Waals surface area contributed by atoms with Crippen LogP contribution in [0.1, 0.15) is 32.3 Å². The van der Waals surface area contributed by atoms with E-state index in [-0.39, 0.29) is 5.97 Å². The van der Waals surface area contributed by atoms with Gasteiger partial charge in [-0.1, -0.05) is 18.2 Å². The fraction of sp³-hybridized carbons (Fsp3) is 0.619. The summed E-state index contributed by atoms with van der Waals surface area (Å²) in [5.74, 6) is 0.947. The molecule has 154 valence electrons. The number of hydrogen-bond acceptors (Lipinski definition) is 7. The fourth-order valence-corrected chi connectivity index (χ4v) is 4.56. The molecule has 1 aromatic carbocycles. The number of aliphatic imine (C=N–C) groups is 1. The average molecular weight is 407 g/mol. The van der Waals surface area contributed by atoms with Crippen LogP contribution in [0.2, 0.25) is 0 Å². The number of para-hydroxylation sites is 1. The monoisotopic (exact) mass is 406 g/mol. The molecule has 0 saturated carbocycles. The summed E-state index contributed by atoms with van der Waals surface area (Å²) in [6, 6.07) is 8.21. The van der Waals surface area contributed by atoms with E-state index < -0.39 is 5.54 Å². The molecule has 2 aliphatic heterocycles. The molecule has 6 nitrogen and oxygen atoms in total. The van der Waals surface area contributed by atoms with Crippen molar-refractivity contribution in [2.24, 2.45) is 4.99 Å². The number of morpholine rings is 1. The molecule has 28 heavy (non-hydrogen) atoms. The van der Waals surface area contributed by atoms with Crippen molar-refractivity contribution in [3.8, 4) is 5.75 Å². The molecular formula is C21H30N2O4S. The van der Waals surface area contributed by atoms with E-state index in [0.717, 1.165) is 44.7 Å². The number of carbonyl (C=O) groups excluding carboxylic acids is 1. The smallest absolute Gasteiger partial charge is 0.339 e. The Morgan fingerprint density at radius 3 is 2.86 bits per heavy atom. The second kappa shape index (κ2) is 10.3. The van der Waals surface area contributed by atoms with Gasteiger partial charge < -0.3 is 14.2 Å². The lowest BCUT2D eigenvalue weighted by Crippen LogP contribution is -2.42. The van der Waals surface area contributed by atoms with E-state index in [9.17, 15) is 4.79 Å². The molecule has 1 aromatic rings. The van der Waals surface area contributed by atoms with Gasteiger partial charge in [-0.3, -0.25) is 9.89 Å². The molecule has 1 saturated heterocycles. The molecule has 2 heterocycles. The lowest BCUT2D eigenvalue weighted by molar-refractivity contribution is -0.148. The summed E-state index contributed by atoms with van der Waals surface area (Å²) in [6.07, 6.45) is 2.02. The number of carbonyl (C=O) groups is 1. The Morgan fingerprint density at radius 1 is 1.36 bits per heavy atom. The van der Waals surface area contributed by atoms with Gasteiger partial charge in [0.15, 0.2) is 5.54 Å². The van der Waals surface area contributed by atoms with Gasteiger partial charge in [-0.25, -0.2) is 4.79 Å². The van der Waals surface area contributed by atoms with Crippen molar-refractivity contribution >= 4 is 23.3 Å². The quantitative estimate of drug-likeness (QED) is 0.464. The molecule has 2 unspecified atom stereocenters. The van der Waals surface area contributed by atoms with Gasteiger partial charge in [0.25, 0.3) is 0 Å². The first-order valence-electron chi connectivity index (χ1n) is 10.0. The van der Waals surface area contributed by atoms with Crippen molar-refractivity contribution in [1.82, 2.24) is 4.90 Å². The van der Waals surface area contributed by atoms with Crippen LogP contribution in [-0.4, -0.2) is 67.7 Å². The van der Waals surface area contributed by atoms with E-state index in [0.29, 0.717) is 30.8 Å². The van der Waals surface area contributed by atoms with Crippen LogP contribution < -0.4 is 4.74 Å². The lowest BCUT2D eigenvalue weighted by atomic mass is 9.91. The van der Waals surface area contributed by atoms with E-state index in [1.807, 2.05) is 31.2 Å². The van der Waals surface area contributed by atoms with Crippen LogP contribution >= 0.6 is 11.8 Å². The molecule has 0 radical (unpaired) electrons. The van der Waals surface area contributed by atoms with Crippen LogP contribution in [0.15, 0.2) is 29.3 Å². The zero-order valence-electron chi connectivity index (χ0n) is 16.8. The van der Waals surface area contributed by atoms with E-state index >= 15 is 0 Å². The molecule has 0 N–H and O–H groups in total. The van der Waals surface area contributed by atoms with Gasteiger partial charge >= 0.3 is 5.97 Å². The van der Waals surface area contributed by atoms with Crippen LogP contribution in [0.4, 0.5) is 0 Å². The van der Waals surface area contributed by atoms with Gasteiger partial charge in [0.05, 0.1) is 32.0 Å². The Balaban J connectivity index is 1.60. The minimum absolute atomic E-state index is 0.312. The topological polar surface area (TPSA) is 60.4 Å². The SMILES string of the molecule is CCOC(=O)C1(c2ccccc2OCCCC(C)N2CCOCC2)CSC=N1. The lowest BCUT2D eigenvalue weighted by Gasteiger charge is -2.32. The normalized spacial score (nSPS) is 23.5. The molecule has 7 heteroatoms. The largest absolute Gasteiger partial charge is 0.493 e. The molecule has 1 fully saturated rings. The first-order chi connectivity index (χ1) is 13.7. The summed E-state index contributed by atoms with van der Waals surface area (Å²) in [4.78, 5) is 19.7. The Labute approximate surface area is 171 Å². The number of thioether (sulfide) groups is 1. The van der Waals surface area contributed by atoms with Crippen LogP contribution in [0.25, 0.3) is 0 Å². The van der Waals surface area contributed by atoms with Gasteiger partial charge in [-0.05, 0) is 32.8 Å². The van der Waals surface area contributed by atoms with E-state index in [4.69, 9.17) is 14.2 Å². The fourth-order valence-electron chi connectivity index (χ4n) is 3.64. The number of benzene rings is 1. The van der Waals surface area contributed by atoms with Crippen LogP contribution in [0, 0.1) is 0 Å². The summed E-state index contributed by atoms with van der Waals surface area (Å²) < 4.78 is 16.9. The maximum Gasteiger partial charge on any atom is 0.339 e. The van der Waals surface area contributed by atoms with Crippen molar-refractivity contribution in [2.45, 2.75) is 38.3 Å². The number of nitrogens with zero attached hydrogens (tertiary/aromatic N) is 2. The van der Waals surface area contributed by atoms with Crippen LogP contribution in [0.5, 0.6) is 5.75 Å². The van der Waals surface area contributed by atoms with Crippen LogP contribution in [-0.2, 0) is 19.8 Å². The van der Waals surface area contributed by atoms with Crippen molar-refractivity contribution in [3.63, 3.8) is 0 Å². The number of rotatable bonds is 9. The van der Waals surface area contributed by atoms with Gasteiger partial charge in [0.1, 0.15) is 5.75 Å². The predicted molar refractivity (Wildman–Crippen MR) is 112 cm³/mol. The maximum atomic E-state index is 12.7. The first kappa shape index (κ1) is 21.1. The van der Waals surface area contributed by atoms with Gasteiger partial charge in [0.2, 0.25) is 0 Å². The minimum atomic E-state index is -1.00. The molecular weight excluding hydrogens is 376 g/mol. The van der Waals surface area contributed by atoms with Crippen LogP contribution in [0.3, 0.4) is 0 Å². The average Bonchev–Trinajstić information content (AvgIpc) is 3.23. The zero-order valence-corrected chi connectivity index (χ0v) is 17.6. The summed E-state index contributed by atoms with van der Waals surface area (Å²) in [5, 5.41) is 0. The summed E-state index contributed by atoms with van der Waals surface area (Å²) in [7, 11) is 0. The Morgan fingerprint density at radius 2 is 2.14 bits per heavy atom. The molecule has 0 spiro atoms. The van der Waals surface area contributed by atoms with Crippen molar-refractivity contribution in [2.75, 3.05) is 45.3 Å². The maximum absolute atomic E-state index is 12.7. The Kier molecular flexibility index (Phi) is 7.76. The Hall–Kier alpha value is -1.57. The van der Waals surface area contributed by atoms with Crippen molar-refractivity contribution in [3.05, 3.63) is 29.8 Å². The third kappa shape index (κ3) is 4.88. The molecule has 2 atom stereocenters. The number of ether oxygens (including phenoxy) is 3. The minimum Gasteiger partial charge on any atom is -0.493 e. The van der Waals surface area contributed by atoms with Crippen molar-refractivity contribution in [1.29, 1.82) is 0 Å². The van der Waals surface area contributed by atoms with Gasteiger partial charge in [-0.15, -0.1) is 11.8 Å². The standard InChI is InChI=1S/C21H30N2O4S/c1-3-26-20(24)21(15-28-16-22-21)18-8-4-5-9-19(18)27-12-6-7-17(2)23-10-13-25-14-11-23/h4-5,8-9,16-17H,3,6-7,10-15H2,1-2H3. The second-order valence-electron chi connectivity index (χ2n) is 7.11. The molecule has 0 bridgehead atoms. The molecule has 0 aromatic heterocycles. The van der Waals surface area contributed by atoms with E-state index in [1.54, 1.807) is 5.55 Å². The highest BCUT2D eigenvalue weighted by molar-refractivity contribution is 8.12. The summed E-state index contributed by atoms with van der Waals surface area (Å²) in [6.45, 7) is 8.68.